The van der Waals surface area contributed by atoms with E-state index in [0.29, 0.717) is 23.8 Å². The van der Waals surface area contributed by atoms with Crippen molar-refractivity contribution < 1.29 is 13.7 Å². The molecule has 2 heterocycles. The minimum Gasteiger partial charge on any atom is -0.368 e. The van der Waals surface area contributed by atoms with Gasteiger partial charge in [0.25, 0.3) is 5.95 Å². The van der Waals surface area contributed by atoms with Gasteiger partial charge in [0.2, 0.25) is 11.8 Å². The van der Waals surface area contributed by atoms with Gasteiger partial charge >= 0.3 is 0 Å². The molecule has 2 N–H and O–H groups in total. The Hall–Kier alpha value is -3.42. The number of benzene rings is 2. The van der Waals surface area contributed by atoms with E-state index in [1.54, 1.807) is 24.3 Å². The molecule has 144 valence electrons. The van der Waals surface area contributed by atoms with Crippen LogP contribution in [0, 0.1) is 5.82 Å². The fraction of sp³-hybridized carbons (Fsp3) is 0.250. The third-order valence-electron chi connectivity index (χ3n) is 4.81. The van der Waals surface area contributed by atoms with E-state index in [4.69, 9.17) is 10.3 Å². The topological polar surface area (TPSA) is 88.5 Å². The number of carbonyl (C=O) groups is 1. The van der Waals surface area contributed by atoms with E-state index in [1.807, 2.05) is 12.1 Å². The zero-order valence-corrected chi connectivity index (χ0v) is 15.2. The summed E-state index contributed by atoms with van der Waals surface area (Å²) in [5.41, 5.74) is 7.75. The molecular weight excluding hydrogens is 361 g/mol. The van der Waals surface area contributed by atoms with Crippen LogP contribution >= 0.6 is 0 Å². The molecular formula is C20H20FN5O2. The summed E-state index contributed by atoms with van der Waals surface area (Å²) in [5.74, 6) is 0.383. The first-order valence-electron chi connectivity index (χ1n) is 9.05. The molecule has 0 radical (unpaired) electrons. The lowest BCUT2D eigenvalue weighted by atomic mass is 10.1. The van der Waals surface area contributed by atoms with Gasteiger partial charge in [0.15, 0.2) is 0 Å². The number of piperazine rings is 1. The van der Waals surface area contributed by atoms with Gasteiger partial charge < -0.3 is 20.1 Å². The van der Waals surface area contributed by atoms with Crippen LogP contribution in [0.1, 0.15) is 21.8 Å². The number of rotatable bonds is 5. The summed E-state index contributed by atoms with van der Waals surface area (Å²) in [6.07, 6.45) is 0.472. The van der Waals surface area contributed by atoms with Crippen LogP contribution in [0.2, 0.25) is 0 Å². The van der Waals surface area contributed by atoms with Crippen molar-refractivity contribution in [3.63, 3.8) is 0 Å². The fourth-order valence-electron chi connectivity index (χ4n) is 3.22. The van der Waals surface area contributed by atoms with E-state index in [0.717, 1.165) is 37.4 Å². The highest BCUT2D eigenvalue weighted by Gasteiger charge is 2.21. The van der Waals surface area contributed by atoms with Crippen LogP contribution < -0.4 is 15.5 Å². The molecule has 4 rings (SSSR count). The van der Waals surface area contributed by atoms with Crippen LogP contribution in [-0.4, -0.2) is 42.2 Å². The first-order valence-corrected chi connectivity index (χ1v) is 9.05. The van der Waals surface area contributed by atoms with Crippen molar-refractivity contribution in [2.45, 2.75) is 6.42 Å². The Morgan fingerprint density at radius 3 is 2.29 bits per heavy atom. The molecule has 1 aliphatic heterocycles. The molecule has 0 unspecified atom stereocenters. The van der Waals surface area contributed by atoms with Gasteiger partial charge in [0.1, 0.15) is 5.82 Å². The van der Waals surface area contributed by atoms with Gasteiger partial charge in [-0.05, 0) is 47.1 Å². The predicted molar refractivity (Wildman–Crippen MR) is 103 cm³/mol. The fourth-order valence-corrected chi connectivity index (χ4v) is 3.22. The minimum atomic E-state index is -0.426. The number of nitrogens with zero attached hydrogens (tertiary/aromatic N) is 4. The summed E-state index contributed by atoms with van der Waals surface area (Å²) < 4.78 is 18.3. The molecule has 1 aliphatic rings. The zero-order chi connectivity index (χ0) is 19.5. The largest absolute Gasteiger partial charge is 0.368 e. The lowest BCUT2D eigenvalue weighted by Gasteiger charge is -2.35. The molecule has 0 spiro atoms. The van der Waals surface area contributed by atoms with Gasteiger partial charge in [0, 0.05) is 37.4 Å². The Morgan fingerprint density at radius 2 is 1.64 bits per heavy atom. The average Bonchev–Trinajstić information content (AvgIpc) is 3.18. The van der Waals surface area contributed by atoms with E-state index in [9.17, 15) is 9.18 Å². The highest BCUT2D eigenvalue weighted by Crippen LogP contribution is 2.20. The number of halogens is 1. The Kier molecular flexibility index (Phi) is 4.92. The van der Waals surface area contributed by atoms with Crippen molar-refractivity contribution in [3.8, 4) is 0 Å². The molecule has 8 heteroatoms. The lowest BCUT2D eigenvalue weighted by molar-refractivity contribution is 0.100. The molecule has 3 aromatic rings. The Morgan fingerprint density at radius 1 is 1.00 bits per heavy atom. The third-order valence-corrected chi connectivity index (χ3v) is 4.81. The maximum Gasteiger partial charge on any atom is 0.266 e. The van der Waals surface area contributed by atoms with Crippen molar-refractivity contribution in [2.75, 3.05) is 36.0 Å². The highest BCUT2D eigenvalue weighted by atomic mass is 19.1. The molecule has 1 fully saturated rings. The summed E-state index contributed by atoms with van der Waals surface area (Å²) in [6, 6.07) is 13.6. The van der Waals surface area contributed by atoms with E-state index in [1.165, 1.54) is 12.1 Å². The summed E-state index contributed by atoms with van der Waals surface area (Å²) in [6.45, 7) is 3.12. The Balaban J connectivity index is 1.35. The van der Waals surface area contributed by atoms with Crippen LogP contribution in [-0.2, 0) is 6.42 Å². The van der Waals surface area contributed by atoms with Gasteiger partial charge in [0.05, 0.1) is 6.42 Å². The highest BCUT2D eigenvalue weighted by molar-refractivity contribution is 5.93. The zero-order valence-electron chi connectivity index (χ0n) is 15.2. The quantitative estimate of drug-likeness (QED) is 0.729. The number of amides is 1. The van der Waals surface area contributed by atoms with E-state index in [-0.39, 0.29) is 5.82 Å². The minimum absolute atomic E-state index is 0.267. The maximum atomic E-state index is 13.0. The second kappa shape index (κ2) is 7.67. The maximum absolute atomic E-state index is 13.0. The van der Waals surface area contributed by atoms with Crippen molar-refractivity contribution in [2.24, 2.45) is 5.73 Å². The van der Waals surface area contributed by atoms with Gasteiger partial charge in [-0.3, -0.25) is 4.79 Å². The number of hydrogen-bond donors (Lipinski definition) is 1. The van der Waals surface area contributed by atoms with Crippen LogP contribution in [0.15, 0.2) is 53.1 Å². The second-order valence-electron chi connectivity index (χ2n) is 6.68. The predicted octanol–water partition coefficient (Wildman–Crippen LogP) is 2.23. The molecule has 1 amide bonds. The molecule has 0 aliphatic carbocycles. The summed E-state index contributed by atoms with van der Waals surface area (Å²) in [4.78, 5) is 20.0. The third kappa shape index (κ3) is 3.95. The van der Waals surface area contributed by atoms with Gasteiger partial charge in [-0.2, -0.15) is 4.98 Å². The monoisotopic (exact) mass is 381 g/mol. The first kappa shape index (κ1) is 18.0. The molecule has 0 atom stereocenters. The number of primary amides is 1. The molecule has 28 heavy (non-hydrogen) atoms. The van der Waals surface area contributed by atoms with Crippen molar-refractivity contribution in [3.05, 3.63) is 71.4 Å². The van der Waals surface area contributed by atoms with Crippen LogP contribution in [0.3, 0.4) is 0 Å². The van der Waals surface area contributed by atoms with Crippen LogP contribution in [0.25, 0.3) is 0 Å². The number of nitrogens with two attached hydrogens (primary N) is 1. The SMILES string of the molecule is NC(=O)c1ccc(N2CCN(c3noc(Cc4ccc(F)cc4)n3)CC2)cc1. The first-order chi connectivity index (χ1) is 13.6. The number of carbonyl (C=O) groups excluding carboxylic acids is 1. The standard InChI is InChI=1S/C20H20FN5O2/c21-16-5-1-14(2-6-16)13-18-23-20(24-28-18)26-11-9-25(10-12-26)17-7-3-15(4-8-17)19(22)27/h1-8H,9-13H2,(H2,22,27). The van der Waals surface area contributed by atoms with Crippen molar-refractivity contribution in [1.29, 1.82) is 0 Å². The van der Waals surface area contributed by atoms with E-state index in [2.05, 4.69) is 19.9 Å². The van der Waals surface area contributed by atoms with Gasteiger partial charge in [-0.1, -0.05) is 12.1 Å². The Labute approximate surface area is 161 Å². The molecule has 0 saturated carbocycles. The number of anilines is 2. The summed E-state index contributed by atoms with van der Waals surface area (Å²) in [5, 5.41) is 4.08. The molecule has 2 aromatic carbocycles. The lowest BCUT2D eigenvalue weighted by Crippen LogP contribution is -2.47. The smallest absolute Gasteiger partial charge is 0.266 e. The second-order valence-corrected chi connectivity index (χ2v) is 6.68. The van der Waals surface area contributed by atoms with Crippen molar-refractivity contribution in [1.82, 2.24) is 10.1 Å². The number of aromatic nitrogens is 2. The van der Waals surface area contributed by atoms with E-state index >= 15 is 0 Å². The van der Waals surface area contributed by atoms with E-state index < -0.39 is 5.91 Å². The van der Waals surface area contributed by atoms with Gasteiger partial charge in [-0.15, -0.1) is 0 Å². The average molecular weight is 381 g/mol. The molecule has 7 nitrogen and oxygen atoms in total. The molecule has 0 bridgehead atoms. The normalized spacial score (nSPS) is 14.3. The number of hydrogen-bond acceptors (Lipinski definition) is 6. The molecule has 1 saturated heterocycles. The van der Waals surface area contributed by atoms with Crippen molar-refractivity contribution >= 4 is 17.5 Å². The Bertz CT molecular complexity index is 947. The van der Waals surface area contributed by atoms with Crippen LogP contribution in [0.5, 0.6) is 0 Å². The summed E-state index contributed by atoms with van der Waals surface area (Å²) in [7, 11) is 0. The summed E-state index contributed by atoms with van der Waals surface area (Å²) >= 11 is 0. The van der Waals surface area contributed by atoms with Gasteiger partial charge in [-0.25, -0.2) is 4.39 Å². The molecule has 1 aromatic heterocycles. The van der Waals surface area contributed by atoms with Crippen LogP contribution in [0.4, 0.5) is 16.0 Å².